The first-order valence-electron chi connectivity index (χ1n) is 6.65. The summed E-state index contributed by atoms with van der Waals surface area (Å²) in [5, 5.41) is 2.67. The average Bonchev–Trinajstić information content (AvgIpc) is 2.46. The molecule has 1 fully saturated rings. The number of sulfonamides is 1. The van der Waals surface area contributed by atoms with Crippen molar-refractivity contribution in [2.75, 3.05) is 25.9 Å². The van der Waals surface area contributed by atoms with Crippen LogP contribution in [0.15, 0.2) is 23.1 Å². The van der Waals surface area contributed by atoms with Crippen LogP contribution in [0, 0.1) is 0 Å². The fraction of sp³-hybridized carbons (Fsp3) is 0.462. The minimum absolute atomic E-state index is 0.00329. The Labute approximate surface area is 124 Å². The van der Waals surface area contributed by atoms with Crippen molar-refractivity contribution in [3.63, 3.8) is 0 Å². The molecule has 1 amide bonds. The normalized spacial score (nSPS) is 20.1. The van der Waals surface area contributed by atoms with Gasteiger partial charge in [-0.05, 0) is 18.6 Å². The van der Waals surface area contributed by atoms with E-state index in [0.29, 0.717) is 18.7 Å². The second kappa shape index (κ2) is 5.90. The Morgan fingerprint density at radius 2 is 2.19 bits per heavy atom. The Hall–Kier alpha value is -1.80. The number of carbonyl (C=O) groups excluding carboxylic acids is 1. The van der Waals surface area contributed by atoms with Crippen molar-refractivity contribution < 1.29 is 17.9 Å². The lowest BCUT2D eigenvalue weighted by Gasteiger charge is -2.33. The van der Waals surface area contributed by atoms with Gasteiger partial charge in [-0.15, -0.1) is 0 Å². The average molecular weight is 313 g/mol. The minimum atomic E-state index is -3.82. The lowest BCUT2D eigenvalue weighted by Crippen LogP contribution is -2.56. The highest BCUT2D eigenvalue weighted by Crippen LogP contribution is 2.28. The van der Waals surface area contributed by atoms with Crippen LogP contribution in [0.5, 0.6) is 5.75 Å². The van der Waals surface area contributed by atoms with Gasteiger partial charge in [0.05, 0.1) is 12.8 Å². The van der Waals surface area contributed by atoms with Crippen LogP contribution in [0.4, 0.5) is 5.69 Å². The maximum atomic E-state index is 12.7. The van der Waals surface area contributed by atoms with Crippen LogP contribution < -0.4 is 15.8 Å². The van der Waals surface area contributed by atoms with Gasteiger partial charge >= 0.3 is 0 Å². The Morgan fingerprint density at radius 3 is 2.76 bits per heavy atom. The Balaban J connectivity index is 2.43. The van der Waals surface area contributed by atoms with Crippen molar-refractivity contribution in [1.29, 1.82) is 0 Å². The third-order valence-electron chi connectivity index (χ3n) is 3.47. The number of nitrogens with zero attached hydrogens (tertiary/aromatic N) is 1. The lowest BCUT2D eigenvalue weighted by molar-refractivity contribution is -0.126. The van der Waals surface area contributed by atoms with Crippen molar-refractivity contribution in [3.8, 4) is 5.75 Å². The summed E-state index contributed by atoms with van der Waals surface area (Å²) >= 11 is 0. The highest BCUT2D eigenvalue weighted by atomic mass is 32.2. The summed E-state index contributed by atoms with van der Waals surface area (Å²) in [4.78, 5) is 11.8. The molecule has 0 spiro atoms. The topological polar surface area (TPSA) is 102 Å². The molecule has 3 N–H and O–H groups in total. The van der Waals surface area contributed by atoms with Crippen LogP contribution in [-0.2, 0) is 14.8 Å². The van der Waals surface area contributed by atoms with E-state index in [-0.39, 0.29) is 23.0 Å². The molecule has 1 aliphatic heterocycles. The summed E-state index contributed by atoms with van der Waals surface area (Å²) in [5.41, 5.74) is 5.93. The number of hydrogen-bond donors (Lipinski definition) is 2. The van der Waals surface area contributed by atoms with E-state index in [2.05, 4.69) is 5.32 Å². The molecule has 0 bridgehead atoms. The fourth-order valence-electron chi connectivity index (χ4n) is 2.39. The quantitative estimate of drug-likeness (QED) is 0.772. The predicted molar refractivity (Wildman–Crippen MR) is 78.4 cm³/mol. The van der Waals surface area contributed by atoms with E-state index in [9.17, 15) is 13.2 Å². The molecular formula is C13H19N3O4S. The smallest absolute Gasteiger partial charge is 0.245 e. The Bertz CT molecular complexity index is 645. The van der Waals surface area contributed by atoms with E-state index >= 15 is 0 Å². The number of anilines is 1. The minimum Gasteiger partial charge on any atom is -0.497 e. The highest BCUT2D eigenvalue weighted by molar-refractivity contribution is 7.89. The molecule has 0 aromatic heterocycles. The first kappa shape index (κ1) is 15.6. The van der Waals surface area contributed by atoms with Gasteiger partial charge in [-0.3, -0.25) is 4.79 Å². The standard InChI is InChI=1S/C13H19N3O4S/c1-3-11-13(17)15-6-7-16(11)21(18,19)12-5-4-9(20-2)8-10(12)14/h4-5,8,11H,3,6-7,14H2,1-2H3,(H,15,17). The molecule has 1 heterocycles. The number of methoxy groups -OCH3 is 1. The van der Waals surface area contributed by atoms with E-state index in [1.54, 1.807) is 6.92 Å². The maximum absolute atomic E-state index is 12.7. The number of carbonyl (C=O) groups is 1. The molecule has 116 valence electrons. The van der Waals surface area contributed by atoms with Crippen LogP contribution in [0.25, 0.3) is 0 Å². The molecule has 0 saturated carbocycles. The third kappa shape index (κ3) is 2.81. The maximum Gasteiger partial charge on any atom is 0.245 e. The molecule has 2 rings (SSSR count). The second-order valence-electron chi connectivity index (χ2n) is 4.73. The van der Waals surface area contributed by atoms with Crippen LogP contribution in [-0.4, -0.2) is 44.9 Å². The van der Waals surface area contributed by atoms with E-state index < -0.39 is 16.1 Å². The van der Waals surface area contributed by atoms with Gasteiger partial charge in [0.25, 0.3) is 0 Å². The molecule has 0 aliphatic carbocycles. The van der Waals surface area contributed by atoms with Gasteiger partial charge in [-0.25, -0.2) is 8.42 Å². The van der Waals surface area contributed by atoms with E-state index in [1.807, 2.05) is 0 Å². The number of benzene rings is 1. The lowest BCUT2D eigenvalue weighted by atomic mass is 10.2. The molecule has 1 atom stereocenters. The van der Waals surface area contributed by atoms with Crippen LogP contribution in [0.1, 0.15) is 13.3 Å². The van der Waals surface area contributed by atoms with Gasteiger partial charge in [-0.2, -0.15) is 4.31 Å². The Kier molecular flexibility index (Phi) is 4.38. The van der Waals surface area contributed by atoms with E-state index in [1.165, 1.54) is 29.6 Å². The summed E-state index contributed by atoms with van der Waals surface area (Å²) in [6, 6.07) is 3.69. The van der Waals surface area contributed by atoms with Crippen molar-refractivity contribution in [3.05, 3.63) is 18.2 Å². The number of nitrogens with two attached hydrogens (primary N) is 1. The van der Waals surface area contributed by atoms with E-state index in [0.717, 1.165) is 0 Å². The summed E-state index contributed by atoms with van der Waals surface area (Å²) in [6.45, 7) is 2.30. The number of rotatable bonds is 4. The van der Waals surface area contributed by atoms with Crippen LogP contribution in [0.3, 0.4) is 0 Å². The van der Waals surface area contributed by atoms with Crippen LogP contribution in [0.2, 0.25) is 0 Å². The number of nitrogen functional groups attached to an aromatic ring is 1. The molecular weight excluding hydrogens is 294 g/mol. The molecule has 1 unspecified atom stereocenters. The van der Waals surface area contributed by atoms with E-state index in [4.69, 9.17) is 10.5 Å². The number of ether oxygens (including phenoxy) is 1. The zero-order chi connectivity index (χ0) is 15.6. The monoisotopic (exact) mass is 313 g/mol. The fourth-order valence-corrected chi connectivity index (χ4v) is 4.15. The molecule has 21 heavy (non-hydrogen) atoms. The zero-order valence-electron chi connectivity index (χ0n) is 12.0. The zero-order valence-corrected chi connectivity index (χ0v) is 12.8. The highest BCUT2D eigenvalue weighted by Gasteiger charge is 2.38. The summed E-state index contributed by atoms with van der Waals surface area (Å²) in [5.74, 6) is 0.203. The van der Waals surface area contributed by atoms with Crippen molar-refractivity contribution >= 4 is 21.6 Å². The summed E-state index contributed by atoms with van der Waals surface area (Å²) < 4.78 is 31.7. The molecule has 1 aromatic carbocycles. The van der Waals surface area contributed by atoms with Gasteiger partial charge in [0.2, 0.25) is 15.9 Å². The first-order valence-corrected chi connectivity index (χ1v) is 8.09. The molecule has 7 nitrogen and oxygen atoms in total. The van der Waals surface area contributed by atoms with Gasteiger partial charge in [-0.1, -0.05) is 6.92 Å². The third-order valence-corrected chi connectivity index (χ3v) is 5.45. The SMILES string of the molecule is CCC1C(=O)NCCN1S(=O)(=O)c1ccc(OC)cc1N. The first-order chi connectivity index (χ1) is 9.91. The predicted octanol–water partition coefficient (Wildman–Crippen LogP) is 0.177. The molecule has 1 aromatic rings. The number of hydrogen-bond acceptors (Lipinski definition) is 5. The second-order valence-corrected chi connectivity index (χ2v) is 6.59. The molecule has 0 radical (unpaired) electrons. The number of piperazine rings is 1. The number of amides is 1. The van der Waals surface area contributed by atoms with Crippen LogP contribution >= 0.6 is 0 Å². The van der Waals surface area contributed by atoms with Crippen molar-refractivity contribution in [2.24, 2.45) is 0 Å². The summed E-state index contributed by atoms with van der Waals surface area (Å²) in [7, 11) is -2.34. The molecule has 8 heteroatoms. The molecule has 1 saturated heterocycles. The van der Waals surface area contributed by atoms with Crippen molar-refractivity contribution in [2.45, 2.75) is 24.3 Å². The molecule has 1 aliphatic rings. The van der Waals surface area contributed by atoms with Gasteiger partial charge in [0.15, 0.2) is 0 Å². The van der Waals surface area contributed by atoms with Gasteiger partial charge < -0.3 is 15.8 Å². The number of nitrogens with one attached hydrogen (secondary N) is 1. The largest absolute Gasteiger partial charge is 0.497 e. The van der Waals surface area contributed by atoms with Gasteiger partial charge in [0.1, 0.15) is 16.7 Å². The Morgan fingerprint density at radius 1 is 1.48 bits per heavy atom. The van der Waals surface area contributed by atoms with Gasteiger partial charge in [0, 0.05) is 19.2 Å². The van der Waals surface area contributed by atoms with Crippen molar-refractivity contribution in [1.82, 2.24) is 9.62 Å². The summed E-state index contributed by atoms with van der Waals surface area (Å²) in [6.07, 6.45) is 0.404.